The molecule has 0 aliphatic carbocycles. The number of aliphatic carboxylic acids is 1. The molecule has 0 fully saturated rings. The number of aromatic nitrogens is 1. The van der Waals surface area contributed by atoms with Gasteiger partial charge in [-0.1, -0.05) is 18.2 Å². The molecule has 0 aliphatic rings. The smallest absolute Gasteiger partial charge is 0.326 e. The molecule has 0 aliphatic heterocycles. The molecular weight excluding hydrogens is 482 g/mol. The topological polar surface area (TPSA) is 236 Å². The second kappa shape index (κ2) is 13.9. The zero-order valence-corrected chi connectivity index (χ0v) is 20.7. The highest BCUT2D eigenvalue weighted by atomic mass is 16.4. The van der Waals surface area contributed by atoms with Gasteiger partial charge in [-0.05, 0) is 44.4 Å². The number of aromatic amines is 1. The van der Waals surface area contributed by atoms with Crippen LogP contribution in [0.3, 0.4) is 0 Å². The molecule has 11 N–H and O–H groups in total. The molecular formula is C24H35N7O6. The average molecular weight is 518 g/mol. The van der Waals surface area contributed by atoms with Gasteiger partial charge in [-0.3, -0.25) is 19.2 Å². The second-order valence-corrected chi connectivity index (χ2v) is 8.82. The minimum atomic E-state index is -1.24. The normalized spacial score (nSPS) is 14.2. The zero-order chi connectivity index (χ0) is 27.5. The molecule has 37 heavy (non-hydrogen) atoms. The molecule has 2 rings (SSSR count). The Bertz CT molecular complexity index is 1120. The van der Waals surface area contributed by atoms with E-state index in [9.17, 15) is 29.1 Å². The first-order valence-corrected chi connectivity index (χ1v) is 12.0. The maximum atomic E-state index is 12.9. The van der Waals surface area contributed by atoms with Crippen LogP contribution >= 0.6 is 0 Å². The minimum absolute atomic E-state index is 0.0290. The summed E-state index contributed by atoms with van der Waals surface area (Å²) in [6, 6.07) is 2.76. The van der Waals surface area contributed by atoms with Crippen molar-refractivity contribution in [3.63, 3.8) is 0 Å². The SMILES string of the molecule is CC(NC(=O)C(CCCCN)NC(=O)C(N)CC(N)=O)C(=O)NC(Cc1c[nH]c2ccccc12)C(=O)O. The molecule has 1 heterocycles. The predicted molar refractivity (Wildman–Crippen MR) is 136 cm³/mol. The van der Waals surface area contributed by atoms with Gasteiger partial charge < -0.3 is 43.2 Å². The Hall–Kier alpha value is -3.97. The van der Waals surface area contributed by atoms with Crippen molar-refractivity contribution in [2.75, 3.05) is 6.54 Å². The van der Waals surface area contributed by atoms with E-state index < -0.39 is 60.2 Å². The van der Waals surface area contributed by atoms with Crippen LogP contribution < -0.4 is 33.2 Å². The first kappa shape index (κ1) is 29.3. The Morgan fingerprint density at radius 3 is 2.30 bits per heavy atom. The van der Waals surface area contributed by atoms with Crippen LogP contribution in [0.2, 0.25) is 0 Å². The van der Waals surface area contributed by atoms with E-state index in [2.05, 4.69) is 20.9 Å². The summed E-state index contributed by atoms with van der Waals surface area (Å²) in [5.74, 6) is -4.11. The largest absolute Gasteiger partial charge is 0.480 e. The second-order valence-electron chi connectivity index (χ2n) is 8.82. The number of nitrogens with one attached hydrogen (secondary N) is 4. The molecule has 4 atom stereocenters. The van der Waals surface area contributed by atoms with Crippen LogP contribution in [0.1, 0.15) is 38.2 Å². The van der Waals surface area contributed by atoms with Gasteiger partial charge >= 0.3 is 5.97 Å². The summed E-state index contributed by atoms with van der Waals surface area (Å²) in [5.41, 5.74) is 17.8. The van der Waals surface area contributed by atoms with Gasteiger partial charge in [0.1, 0.15) is 18.1 Å². The van der Waals surface area contributed by atoms with Gasteiger partial charge in [-0.25, -0.2) is 4.79 Å². The van der Waals surface area contributed by atoms with E-state index in [1.165, 1.54) is 6.92 Å². The third-order valence-electron chi connectivity index (χ3n) is 5.80. The number of hydrogen-bond acceptors (Lipinski definition) is 7. The molecule has 13 heteroatoms. The fraction of sp³-hybridized carbons (Fsp3) is 0.458. The number of para-hydroxylation sites is 1. The Kier molecular flexibility index (Phi) is 11.0. The number of unbranched alkanes of at least 4 members (excludes halogenated alkanes) is 1. The van der Waals surface area contributed by atoms with Gasteiger partial charge in [0.2, 0.25) is 23.6 Å². The van der Waals surface area contributed by atoms with Gasteiger partial charge in [0, 0.05) is 23.5 Å². The first-order valence-electron chi connectivity index (χ1n) is 12.0. The van der Waals surface area contributed by atoms with Crippen LogP contribution in [0, 0.1) is 0 Å². The van der Waals surface area contributed by atoms with Crippen LogP contribution in [-0.2, 0) is 30.4 Å². The Labute approximate surface area is 213 Å². The number of nitrogens with two attached hydrogens (primary N) is 3. The third kappa shape index (κ3) is 8.88. The molecule has 2 aromatic rings. The van der Waals surface area contributed by atoms with Crippen molar-refractivity contribution in [3.05, 3.63) is 36.0 Å². The molecule has 202 valence electrons. The van der Waals surface area contributed by atoms with Crippen LogP contribution in [0.5, 0.6) is 0 Å². The molecule has 0 bridgehead atoms. The standard InChI is InChI=1S/C24H35N7O6/c1-13(29-23(35)18(8-4-5-9-25)30-22(34)16(26)11-20(27)32)21(33)31-19(24(36)37)10-14-12-28-17-7-3-2-6-15(14)17/h2-3,6-7,12-13,16,18-19,28H,4-5,8-11,25-26H2,1H3,(H2,27,32)(H,29,35)(H,30,34)(H,31,33)(H,36,37). The average Bonchev–Trinajstić information content (AvgIpc) is 3.25. The number of carbonyl (C=O) groups is 5. The number of carbonyl (C=O) groups excluding carboxylic acids is 4. The molecule has 0 saturated carbocycles. The van der Waals surface area contributed by atoms with E-state index in [0.29, 0.717) is 19.4 Å². The van der Waals surface area contributed by atoms with E-state index >= 15 is 0 Å². The summed E-state index contributed by atoms with van der Waals surface area (Å²) in [6.07, 6.45) is 2.64. The number of fused-ring (bicyclic) bond motifs is 1. The number of H-pyrrole nitrogens is 1. The number of hydrogen-bond donors (Lipinski definition) is 8. The van der Waals surface area contributed by atoms with Gasteiger partial charge in [0.15, 0.2) is 0 Å². The number of benzene rings is 1. The number of rotatable bonds is 15. The fourth-order valence-electron chi connectivity index (χ4n) is 3.75. The lowest BCUT2D eigenvalue weighted by Gasteiger charge is -2.23. The van der Waals surface area contributed by atoms with Gasteiger partial charge in [0.25, 0.3) is 0 Å². The molecule has 4 unspecified atom stereocenters. The number of carboxylic acid groups (broad SMARTS) is 1. The predicted octanol–water partition coefficient (Wildman–Crippen LogP) is -1.40. The molecule has 13 nitrogen and oxygen atoms in total. The minimum Gasteiger partial charge on any atom is -0.480 e. The van der Waals surface area contributed by atoms with Crippen molar-refractivity contribution in [3.8, 4) is 0 Å². The van der Waals surface area contributed by atoms with Crippen LogP contribution in [0.25, 0.3) is 10.9 Å². The molecule has 0 spiro atoms. The highest BCUT2D eigenvalue weighted by Crippen LogP contribution is 2.19. The lowest BCUT2D eigenvalue weighted by Crippen LogP contribution is -2.56. The number of carboxylic acids is 1. The highest BCUT2D eigenvalue weighted by molar-refractivity contribution is 5.95. The maximum absolute atomic E-state index is 12.9. The molecule has 4 amide bonds. The van der Waals surface area contributed by atoms with Gasteiger partial charge in [-0.2, -0.15) is 0 Å². The van der Waals surface area contributed by atoms with Crippen molar-refractivity contribution in [2.24, 2.45) is 17.2 Å². The third-order valence-corrected chi connectivity index (χ3v) is 5.80. The van der Waals surface area contributed by atoms with Crippen LogP contribution in [0.15, 0.2) is 30.5 Å². The molecule has 0 radical (unpaired) electrons. The zero-order valence-electron chi connectivity index (χ0n) is 20.7. The van der Waals surface area contributed by atoms with Crippen molar-refractivity contribution in [1.82, 2.24) is 20.9 Å². The van der Waals surface area contributed by atoms with Crippen molar-refractivity contribution >= 4 is 40.5 Å². The van der Waals surface area contributed by atoms with E-state index in [1.54, 1.807) is 6.20 Å². The van der Waals surface area contributed by atoms with Gasteiger partial charge in [-0.15, -0.1) is 0 Å². The quantitative estimate of drug-likeness (QED) is 0.130. The van der Waals surface area contributed by atoms with Crippen LogP contribution in [0.4, 0.5) is 0 Å². The summed E-state index contributed by atoms with van der Waals surface area (Å²) in [5, 5.41) is 17.9. The van der Waals surface area contributed by atoms with E-state index in [-0.39, 0.29) is 12.8 Å². The summed E-state index contributed by atoms with van der Waals surface area (Å²) in [6.45, 7) is 1.78. The summed E-state index contributed by atoms with van der Waals surface area (Å²) in [7, 11) is 0. The molecule has 0 saturated heterocycles. The Balaban J connectivity index is 2.03. The molecule has 1 aromatic heterocycles. The Morgan fingerprint density at radius 1 is 0.973 bits per heavy atom. The monoisotopic (exact) mass is 517 g/mol. The van der Waals surface area contributed by atoms with Crippen LogP contribution in [-0.4, -0.2) is 70.4 Å². The van der Waals surface area contributed by atoms with Crippen molar-refractivity contribution in [1.29, 1.82) is 0 Å². The van der Waals surface area contributed by atoms with Gasteiger partial charge in [0.05, 0.1) is 12.5 Å². The maximum Gasteiger partial charge on any atom is 0.326 e. The summed E-state index contributed by atoms with van der Waals surface area (Å²) >= 11 is 0. The Morgan fingerprint density at radius 2 is 1.65 bits per heavy atom. The van der Waals surface area contributed by atoms with Crippen molar-refractivity contribution in [2.45, 2.75) is 63.2 Å². The van der Waals surface area contributed by atoms with E-state index in [0.717, 1.165) is 16.5 Å². The lowest BCUT2D eigenvalue weighted by molar-refractivity contribution is -0.142. The lowest BCUT2D eigenvalue weighted by atomic mass is 10.0. The van der Waals surface area contributed by atoms with Crippen molar-refractivity contribution < 1.29 is 29.1 Å². The highest BCUT2D eigenvalue weighted by Gasteiger charge is 2.29. The number of amides is 4. The summed E-state index contributed by atoms with van der Waals surface area (Å²) in [4.78, 5) is 63.9. The number of primary amides is 1. The summed E-state index contributed by atoms with van der Waals surface area (Å²) < 4.78 is 0. The fourth-order valence-corrected chi connectivity index (χ4v) is 3.75. The van der Waals surface area contributed by atoms with E-state index in [4.69, 9.17) is 17.2 Å². The molecule has 1 aromatic carbocycles. The first-order chi connectivity index (χ1) is 17.5. The van der Waals surface area contributed by atoms with E-state index in [1.807, 2.05) is 24.3 Å².